The van der Waals surface area contributed by atoms with Crippen molar-refractivity contribution in [3.05, 3.63) is 39.9 Å². The summed E-state index contributed by atoms with van der Waals surface area (Å²) in [6.07, 6.45) is 4.86. The topological polar surface area (TPSA) is 115 Å². The molecule has 7 heteroatoms. The highest BCUT2D eigenvalue weighted by molar-refractivity contribution is 5.97. The predicted molar refractivity (Wildman–Crippen MR) is 80.1 cm³/mol. The number of nitro groups is 1. The third-order valence-electron chi connectivity index (χ3n) is 4.03. The van der Waals surface area contributed by atoms with E-state index in [1.54, 1.807) is 0 Å². The summed E-state index contributed by atoms with van der Waals surface area (Å²) in [5.74, 6) is -1.04. The molecule has 22 heavy (non-hydrogen) atoms. The number of non-ortho nitro benzene ring substituents is 1. The lowest BCUT2D eigenvalue weighted by Gasteiger charge is -2.28. The normalized spacial score (nSPS) is 16.7. The first-order valence-corrected chi connectivity index (χ1v) is 7.33. The Morgan fingerprint density at radius 1 is 1.27 bits per heavy atom. The van der Waals surface area contributed by atoms with Crippen molar-refractivity contribution in [1.29, 1.82) is 0 Å². The van der Waals surface area contributed by atoms with Gasteiger partial charge in [0.1, 0.15) is 6.04 Å². The Labute approximate surface area is 128 Å². The van der Waals surface area contributed by atoms with E-state index in [1.165, 1.54) is 24.3 Å². The van der Waals surface area contributed by atoms with Crippen LogP contribution in [0.1, 0.15) is 42.5 Å². The molecule has 1 fully saturated rings. The molecule has 0 radical (unpaired) electrons. The Balaban J connectivity index is 2.12. The maximum atomic E-state index is 12.2. The van der Waals surface area contributed by atoms with E-state index in [0.717, 1.165) is 32.1 Å². The standard InChI is InChI=1S/C15H19N3O4/c16-14(19)13(10-5-2-1-3-6-10)17-15(20)11-7-4-8-12(9-11)18(21)22/h4,7-10,13H,1-3,5-6H2,(H2,16,19)(H,17,20)/t13-/m1/s1. The molecule has 0 saturated heterocycles. The van der Waals surface area contributed by atoms with Crippen molar-refractivity contribution in [2.24, 2.45) is 11.7 Å². The van der Waals surface area contributed by atoms with Crippen LogP contribution in [-0.4, -0.2) is 22.8 Å². The maximum Gasteiger partial charge on any atom is 0.270 e. The largest absolute Gasteiger partial charge is 0.368 e. The van der Waals surface area contributed by atoms with Crippen molar-refractivity contribution in [2.75, 3.05) is 0 Å². The van der Waals surface area contributed by atoms with Gasteiger partial charge in [0.2, 0.25) is 5.91 Å². The molecular weight excluding hydrogens is 286 g/mol. The molecule has 3 N–H and O–H groups in total. The SMILES string of the molecule is NC(=O)[C@H](NC(=O)c1cccc([N+](=O)[O-])c1)C1CCCCC1. The van der Waals surface area contributed by atoms with Gasteiger partial charge in [0.25, 0.3) is 11.6 Å². The van der Waals surface area contributed by atoms with Gasteiger partial charge >= 0.3 is 0 Å². The Morgan fingerprint density at radius 3 is 2.55 bits per heavy atom. The first kappa shape index (κ1) is 15.9. The van der Waals surface area contributed by atoms with Crippen LogP contribution >= 0.6 is 0 Å². The summed E-state index contributed by atoms with van der Waals surface area (Å²) in [5.41, 5.74) is 5.39. The number of hydrogen-bond acceptors (Lipinski definition) is 4. The van der Waals surface area contributed by atoms with Crippen LogP contribution in [0.25, 0.3) is 0 Å². The number of amides is 2. The fourth-order valence-electron chi connectivity index (χ4n) is 2.87. The molecule has 1 saturated carbocycles. The van der Waals surface area contributed by atoms with Crippen LogP contribution in [0.4, 0.5) is 5.69 Å². The quantitative estimate of drug-likeness (QED) is 0.637. The van der Waals surface area contributed by atoms with Gasteiger partial charge in [0.05, 0.1) is 4.92 Å². The minimum absolute atomic E-state index is 0.0360. The number of nitrogens with two attached hydrogens (primary N) is 1. The van der Waals surface area contributed by atoms with Crippen LogP contribution in [-0.2, 0) is 4.79 Å². The number of carbonyl (C=O) groups excluding carboxylic acids is 2. The number of primary amides is 1. The Morgan fingerprint density at radius 2 is 1.95 bits per heavy atom. The summed E-state index contributed by atoms with van der Waals surface area (Å²) in [7, 11) is 0. The van der Waals surface area contributed by atoms with Crippen LogP contribution in [0.5, 0.6) is 0 Å². The molecule has 0 heterocycles. The smallest absolute Gasteiger partial charge is 0.270 e. The molecule has 0 unspecified atom stereocenters. The van der Waals surface area contributed by atoms with Gasteiger partial charge < -0.3 is 11.1 Å². The van der Waals surface area contributed by atoms with Crippen molar-refractivity contribution >= 4 is 17.5 Å². The van der Waals surface area contributed by atoms with Gasteiger partial charge in [0, 0.05) is 17.7 Å². The van der Waals surface area contributed by atoms with Gasteiger partial charge in [-0.2, -0.15) is 0 Å². The fraction of sp³-hybridized carbons (Fsp3) is 0.467. The van der Waals surface area contributed by atoms with Gasteiger partial charge in [-0.1, -0.05) is 25.3 Å². The lowest BCUT2D eigenvalue weighted by atomic mass is 9.83. The van der Waals surface area contributed by atoms with Crippen molar-refractivity contribution < 1.29 is 14.5 Å². The summed E-state index contributed by atoms with van der Waals surface area (Å²) < 4.78 is 0. The van der Waals surface area contributed by atoms with E-state index in [9.17, 15) is 19.7 Å². The molecule has 118 valence electrons. The molecule has 1 aromatic carbocycles. The molecule has 1 aliphatic rings. The fourth-order valence-corrected chi connectivity index (χ4v) is 2.87. The molecule has 0 spiro atoms. The number of nitrogens with one attached hydrogen (secondary N) is 1. The van der Waals surface area contributed by atoms with Crippen LogP contribution in [0.2, 0.25) is 0 Å². The highest BCUT2D eigenvalue weighted by Crippen LogP contribution is 2.26. The molecule has 1 atom stereocenters. The second kappa shape index (κ2) is 7.02. The summed E-state index contributed by atoms with van der Waals surface area (Å²) in [6.45, 7) is 0. The Hall–Kier alpha value is -2.44. The van der Waals surface area contributed by atoms with Gasteiger partial charge in [-0.3, -0.25) is 19.7 Å². The molecule has 7 nitrogen and oxygen atoms in total. The van der Waals surface area contributed by atoms with E-state index in [2.05, 4.69) is 5.32 Å². The van der Waals surface area contributed by atoms with Crippen LogP contribution in [0.15, 0.2) is 24.3 Å². The van der Waals surface area contributed by atoms with Gasteiger partial charge in [0.15, 0.2) is 0 Å². The van der Waals surface area contributed by atoms with Crippen LogP contribution < -0.4 is 11.1 Å². The molecule has 2 amide bonds. The molecular formula is C15H19N3O4. The first-order valence-electron chi connectivity index (χ1n) is 7.33. The summed E-state index contributed by atoms with van der Waals surface area (Å²) in [6, 6.07) is 4.68. The summed E-state index contributed by atoms with van der Waals surface area (Å²) in [5, 5.41) is 13.4. The molecule has 0 bridgehead atoms. The molecule has 1 aliphatic carbocycles. The maximum absolute atomic E-state index is 12.2. The number of hydrogen-bond donors (Lipinski definition) is 2. The third kappa shape index (κ3) is 3.81. The molecule has 0 aromatic heterocycles. The predicted octanol–water partition coefficient (Wildman–Crippen LogP) is 1.76. The van der Waals surface area contributed by atoms with E-state index < -0.39 is 22.8 Å². The monoisotopic (exact) mass is 305 g/mol. The molecule has 0 aliphatic heterocycles. The molecule has 2 rings (SSSR count). The van der Waals surface area contributed by atoms with Crippen molar-refractivity contribution in [2.45, 2.75) is 38.1 Å². The van der Waals surface area contributed by atoms with Gasteiger partial charge in [-0.15, -0.1) is 0 Å². The van der Waals surface area contributed by atoms with E-state index >= 15 is 0 Å². The number of benzene rings is 1. The van der Waals surface area contributed by atoms with E-state index in [0.29, 0.717) is 0 Å². The van der Waals surface area contributed by atoms with Gasteiger partial charge in [-0.05, 0) is 24.8 Å². The lowest BCUT2D eigenvalue weighted by molar-refractivity contribution is -0.384. The lowest BCUT2D eigenvalue weighted by Crippen LogP contribution is -2.49. The Kier molecular flexibility index (Phi) is 5.08. The number of rotatable bonds is 5. The zero-order valence-electron chi connectivity index (χ0n) is 12.2. The Bertz CT molecular complexity index is 582. The zero-order valence-corrected chi connectivity index (χ0v) is 12.2. The first-order chi connectivity index (χ1) is 10.5. The number of nitro benzene ring substituents is 1. The number of carbonyl (C=O) groups is 2. The van der Waals surface area contributed by atoms with Crippen LogP contribution in [0.3, 0.4) is 0 Å². The van der Waals surface area contributed by atoms with E-state index in [1.807, 2.05) is 0 Å². The third-order valence-corrected chi connectivity index (χ3v) is 4.03. The van der Waals surface area contributed by atoms with Crippen molar-refractivity contribution in [3.8, 4) is 0 Å². The molecule has 1 aromatic rings. The minimum atomic E-state index is -0.730. The van der Waals surface area contributed by atoms with E-state index in [-0.39, 0.29) is 17.2 Å². The minimum Gasteiger partial charge on any atom is -0.368 e. The zero-order chi connectivity index (χ0) is 16.1. The summed E-state index contributed by atoms with van der Waals surface area (Å²) in [4.78, 5) is 34.1. The van der Waals surface area contributed by atoms with Crippen LogP contribution in [0, 0.1) is 16.0 Å². The number of nitrogens with zero attached hydrogens (tertiary/aromatic N) is 1. The highest BCUT2D eigenvalue weighted by Gasteiger charge is 2.29. The average Bonchev–Trinajstić information content (AvgIpc) is 2.53. The average molecular weight is 305 g/mol. The van der Waals surface area contributed by atoms with Crippen molar-refractivity contribution in [3.63, 3.8) is 0 Å². The second-order valence-corrected chi connectivity index (χ2v) is 5.56. The highest BCUT2D eigenvalue weighted by atomic mass is 16.6. The van der Waals surface area contributed by atoms with Crippen molar-refractivity contribution in [1.82, 2.24) is 5.32 Å². The van der Waals surface area contributed by atoms with E-state index in [4.69, 9.17) is 5.73 Å². The summed E-state index contributed by atoms with van der Waals surface area (Å²) >= 11 is 0. The second-order valence-electron chi connectivity index (χ2n) is 5.56. The van der Waals surface area contributed by atoms with Gasteiger partial charge in [-0.25, -0.2) is 0 Å².